The topological polar surface area (TPSA) is 61.8 Å². The monoisotopic (exact) mass is 276 g/mol. The molecule has 1 amide bonds. The highest BCUT2D eigenvalue weighted by molar-refractivity contribution is 5.84. The van der Waals surface area contributed by atoms with Crippen LogP contribution >= 0.6 is 0 Å². The van der Waals surface area contributed by atoms with Crippen molar-refractivity contribution >= 4 is 11.6 Å². The first kappa shape index (κ1) is 13.2. The second kappa shape index (κ2) is 4.98. The fourth-order valence-electron chi connectivity index (χ4n) is 2.90. The van der Waals surface area contributed by atoms with Crippen LogP contribution in [0.15, 0.2) is 24.3 Å². The van der Waals surface area contributed by atoms with E-state index in [0.717, 1.165) is 18.5 Å². The van der Waals surface area contributed by atoms with Gasteiger partial charge in [-0.05, 0) is 18.6 Å². The number of hydrogen-bond acceptors (Lipinski definition) is 4. The van der Waals surface area contributed by atoms with Crippen LogP contribution in [-0.2, 0) is 4.79 Å². The van der Waals surface area contributed by atoms with Gasteiger partial charge in [0.05, 0.1) is 30.9 Å². The van der Waals surface area contributed by atoms with Gasteiger partial charge >= 0.3 is 0 Å². The van der Waals surface area contributed by atoms with E-state index in [9.17, 15) is 9.90 Å². The minimum Gasteiger partial charge on any atom is -0.477 e. The van der Waals surface area contributed by atoms with Crippen molar-refractivity contribution < 1.29 is 14.6 Å². The van der Waals surface area contributed by atoms with Crippen molar-refractivity contribution in [1.82, 2.24) is 4.90 Å². The summed E-state index contributed by atoms with van der Waals surface area (Å²) < 4.78 is 5.74. The van der Waals surface area contributed by atoms with Crippen molar-refractivity contribution in [1.29, 1.82) is 0 Å². The number of anilines is 1. The number of β-amino-alcohol motifs (C(OH)–C–C–N with tert-alkyl or cyclic N) is 1. The Kier molecular flexibility index (Phi) is 3.30. The predicted octanol–water partition coefficient (Wildman–Crippen LogP) is 1.23. The fraction of sp³-hybridized carbons (Fsp3) is 0.533. The highest BCUT2D eigenvalue weighted by atomic mass is 16.5. The molecule has 108 valence electrons. The molecule has 2 aliphatic heterocycles. The molecule has 1 aromatic rings. The van der Waals surface area contributed by atoms with Gasteiger partial charge in [-0.1, -0.05) is 25.5 Å². The molecule has 0 aliphatic carbocycles. The molecule has 0 saturated carbocycles. The Labute approximate surface area is 118 Å². The molecule has 1 atom stereocenters. The Morgan fingerprint density at radius 1 is 1.50 bits per heavy atom. The molecule has 0 bridgehead atoms. The molecule has 0 spiro atoms. The van der Waals surface area contributed by atoms with Gasteiger partial charge < -0.3 is 20.1 Å². The van der Waals surface area contributed by atoms with Crippen LogP contribution in [0.2, 0.25) is 0 Å². The second-order valence-corrected chi connectivity index (χ2v) is 5.65. The van der Waals surface area contributed by atoms with Gasteiger partial charge in [0.2, 0.25) is 0 Å². The average Bonchev–Trinajstić information content (AvgIpc) is 2.43. The third kappa shape index (κ3) is 2.33. The van der Waals surface area contributed by atoms with E-state index >= 15 is 0 Å². The Morgan fingerprint density at radius 3 is 3.00 bits per heavy atom. The molecule has 1 fully saturated rings. The summed E-state index contributed by atoms with van der Waals surface area (Å²) in [5, 5.41) is 13.3. The van der Waals surface area contributed by atoms with Crippen LogP contribution in [0.3, 0.4) is 0 Å². The van der Waals surface area contributed by atoms with Gasteiger partial charge in [-0.15, -0.1) is 0 Å². The minimum absolute atomic E-state index is 0.0484. The SMILES string of the molecule is CCCC1(O)CN(C(=O)C2CNc3ccccc3O2)C1. The number of amides is 1. The first-order valence-corrected chi connectivity index (χ1v) is 7.12. The third-order valence-electron chi connectivity index (χ3n) is 3.91. The maximum absolute atomic E-state index is 12.3. The van der Waals surface area contributed by atoms with E-state index < -0.39 is 11.7 Å². The first-order chi connectivity index (χ1) is 9.61. The van der Waals surface area contributed by atoms with Crippen molar-refractivity contribution in [3.63, 3.8) is 0 Å². The molecule has 0 aromatic heterocycles. The van der Waals surface area contributed by atoms with Crippen molar-refractivity contribution in [2.24, 2.45) is 0 Å². The molecule has 2 aliphatic rings. The second-order valence-electron chi connectivity index (χ2n) is 5.65. The molecule has 5 nitrogen and oxygen atoms in total. The number of benzene rings is 1. The van der Waals surface area contributed by atoms with Crippen molar-refractivity contribution in [2.75, 3.05) is 25.0 Å². The molecule has 3 rings (SSSR count). The molecule has 1 saturated heterocycles. The number of rotatable bonds is 3. The largest absolute Gasteiger partial charge is 0.477 e. The average molecular weight is 276 g/mol. The number of carbonyl (C=O) groups is 1. The number of nitrogens with zero attached hydrogens (tertiary/aromatic N) is 1. The van der Waals surface area contributed by atoms with Crippen LogP contribution < -0.4 is 10.1 Å². The maximum Gasteiger partial charge on any atom is 0.265 e. The van der Waals surface area contributed by atoms with Crippen molar-refractivity contribution in [3.8, 4) is 5.75 Å². The number of aliphatic hydroxyl groups is 1. The molecule has 5 heteroatoms. The number of fused-ring (bicyclic) bond motifs is 1. The summed E-state index contributed by atoms with van der Waals surface area (Å²) in [4.78, 5) is 14.0. The predicted molar refractivity (Wildman–Crippen MR) is 75.8 cm³/mol. The van der Waals surface area contributed by atoms with E-state index in [2.05, 4.69) is 5.32 Å². The van der Waals surface area contributed by atoms with Crippen LogP contribution in [-0.4, -0.2) is 47.3 Å². The summed E-state index contributed by atoms with van der Waals surface area (Å²) in [7, 11) is 0. The third-order valence-corrected chi connectivity index (χ3v) is 3.91. The van der Waals surface area contributed by atoms with Crippen molar-refractivity contribution in [2.45, 2.75) is 31.5 Å². The van der Waals surface area contributed by atoms with Crippen LogP contribution in [0, 0.1) is 0 Å². The van der Waals surface area contributed by atoms with E-state index in [1.165, 1.54) is 0 Å². The number of carbonyl (C=O) groups excluding carboxylic acids is 1. The zero-order valence-corrected chi connectivity index (χ0v) is 11.6. The molecule has 2 N–H and O–H groups in total. The first-order valence-electron chi connectivity index (χ1n) is 7.12. The van der Waals surface area contributed by atoms with Crippen LogP contribution in [0.5, 0.6) is 5.75 Å². The highest BCUT2D eigenvalue weighted by Gasteiger charge is 2.45. The summed E-state index contributed by atoms with van der Waals surface area (Å²) in [5.41, 5.74) is 0.229. The lowest BCUT2D eigenvalue weighted by molar-refractivity contribution is -0.163. The summed E-state index contributed by atoms with van der Waals surface area (Å²) >= 11 is 0. The van der Waals surface area contributed by atoms with Gasteiger partial charge in [0.15, 0.2) is 6.10 Å². The van der Waals surface area contributed by atoms with Gasteiger partial charge in [-0.25, -0.2) is 0 Å². The summed E-state index contributed by atoms with van der Waals surface area (Å²) in [6, 6.07) is 7.60. The summed E-state index contributed by atoms with van der Waals surface area (Å²) in [5.74, 6) is 0.661. The number of para-hydroxylation sites is 2. The lowest BCUT2D eigenvalue weighted by atomic mass is 9.89. The number of nitrogens with one attached hydrogen (secondary N) is 1. The molecule has 0 radical (unpaired) electrons. The molecule has 1 unspecified atom stereocenters. The van der Waals surface area contributed by atoms with Gasteiger partial charge in [0.1, 0.15) is 5.75 Å². The summed E-state index contributed by atoms with van der Waals surface area (Å²) in [6.07, 6.45) is 1.16. The van der Waals surface area contributed by atoms with E-state index in [1.807, 2.05) is 31.2 Å². The fourth-order valence-corrected chi connectivity index (χ4v) is 2.90. The summed E-state index contributed by atoms with van der Waals surface area (Å²) in [6.45, 7) is 3.34. The van der Waals surface area contributed by atoms with Gasteiger partial charge in [0, 0.05) is 0 Å². The molecule has 1 aromatic carbocycles. The molecular weight excluding hydrogens is 256 g/mol. The van der Waals surface area contributed by atoms with Gasteiger partial charge in [-0.3, -0.25) is 4.79 Å². The molecule has 2 heterocycles. The van der Waals surface area contributed by atoms with E-state index in [4.69, 9.17) is 4.74 Å². The Balaban J connectivity index is 1.61. The van der Waals surface area contributed by atoms with Crippen molar-refractivity contribution in [3.05, 3.63) is 24.3 Å². The zero-order valence-electron chi connectivity index (χ0n) is 11.6. The van der Waals surface area contributed by atoms with Gasteiger partial charge in [0.25, 0.3) is 5.91 Å². The normalized spacial score (nSPS) is 23.1. The highest BCUT2D eigenvalue weighted by Crippen LogP contribution is 2.31. The van der Waals surface area contributed by atoms with Gasteiger partial charge in [-0.2, -0.15) is 0 Å². The molecular formula is C15H20N2O3. The Hall–Kier alpha value is -1.75. The number of hydrogen-bond donors (Lipinski definition) is 2. The standard InChI is InChI=1S/C15H20N2O3/c1-2-7-15(19)9-17(10-15)14(18)13-8-16-11-5-3-4-6-12(11)20-13/h3-6,13,16,19H,2,7-10H2,1H3. The lowest BCUT2D eigenvalue weighted by Crippen LogP contribution is -2.66. The van der Waals surface area contributed by atoms with E-state index in [0.29, 0.717) is 25.4 Å². The Bertz CT molecular complexity index is 512. The quantitative estimate of drug-likeness (QED) is 0.872. The van der Waals surface area contributed by atoms with Crippen LogP contribution in [0.25, 0.3) is 0 Å². The zero-order chi connectivity index (χ0) is 14.2. The van der Waals surface area contributed by atoms with E-state index in [1.54, 1.807) is 4.90 Å². The number of likely N-dealkylation sites (tertiary alicyclic amines) is 1. The van der Waals surface area contributed by atoms with Crippen LogP contribution in [0.4, 0.5) is 5.69 Å². The van der Waals surface area contributed by atoms with Crippen LogP contribution in [0.1, 0.15) is 19.8 Å². The lowest BCUT2D eigenvalue weighted by Gasteiger charge is -2.47. The molecule has 20 heavy (non-hydrogen) atoms. The maximum atomic E-state index is 12.3. The minimum atomic E-state index is -0.690. The number of ether oxygens (including phenoxy) is 1. The Morgan fingerprint density at radius 2 is 2.25 bits per heavy atom. The smallest absolute Gasteiger partial charge is 0.265 e. The van der Waals surface area contributed by atoms with E-state index in [-0.39, 0.29) is 5.91 Å².